The van der Waals surface area contributed by atoms with Gasteiger partial charge in [-0.25, -0.2) is 16.8 Å². The van der Waals surface area contributed by atoms with E-state index in [9.17, 15) is 16.8 Å². The maximum atomic E-state index is 12.3. The van der Waals surface area contributed by atoms with E-state index in [1.807, 2.05) is 42.5 Å². The minimum Gasteiger partial charge on any atom is -0.283 e. The van der Waals surface area contributed by atoms with E-state index in [1.165, 1.54) is 0 Å². The van der Waals surface area contributed by atoms with Crippen LogP contribution in [0.1, 0.15) is 6.42 Å². The fraction of sp³-hybridized carbons (Fsp3) is 0.250. The van der Waals surface area contributed by atoms with Gasteiger partial charge in [0.05, 0.1) is 16.8 Å². The summed E-state index contributed by atoms with van der Waals surface area (Å²) < 4.78 is 49.9. The van der Waals surface area contributed by atoms with Crippen LogP contribution in [0.25, 0.3) is 11.1 Å². The first kappa shape index (κ1) is 16.0. The van der Waals surface area contributed by atoms with E-state index < -0.39 is 25.1 Å². The molecule has 122 valence electrons. The predicted octanol–water partition coefficient (Wildman–Crippen LogP) is 2.28. The van der Waals surface area contributed by atoms with Gasteiger partial charge < -0.3 is 0 Å². The molecule has 1 heterocycles. The Balaban J connectivity index is 1.76. The van der Waals surface area contributed by atoms with Crippen molar-refractivity contribution >= 4 is 25.5 Å². The van der Waals surface area contributed by atoms with Crippen LogP contribution in [0, 0.1) is 0 Å². The number of sulfone groups is 1. The molecule has 3 rings (SSSR count). The Labute approximate surface area is 136 Å². The Kier molecular flexibility index (Phi) is 4.16. The quantitative estimate of drug-likeness (QED) is 0.916. The van der Waals surface area contributed by atoms with E-state index in [1.54, 1.807) is 12.1 Å². The number of benzene rings is 2. The second kappa shape index (κ2) is 5.98. The van der Waals surface area contributed by atoms with Gasteiger partial charge in [-0.15, -0.1) is 0 Å². The average molecular weight is 351 g/mol. The zero-order valence-electron chi connectivity index (χ0n) is 12.3. The lowest BCUT2D eigenvalue weighted by atomic mass is 10.1. The van der Waals surface area contributed by atoms with Crippen molar-refractivity contribution in [3.63, 3.8) is 0 Å². The van der Waals surface area contributed by atoms with Gasteiger partial charge in [0.15, 0.2) is 9.84 Å². The molecule has 1 fully saturated rings. The zero-order chi connectivity index (χ0) is 16.5. The lowest BCUT2D eigenvalue weighted by Crippen LogP contribution is -2.28. The van der Waals surface area contributed by atoms with Crippen LogP contribution in [0.3, 0.4) is 0 Å². The van der Waals surface area contributed by atoms with E-state index in [2.05, 4.69) is 4.72 Å². The minimum atomic E-state index is -3.69. The first-order valence-corrected chi connectivity index (χ1v) is 10.6. The van der Waals surface area contributed by atoms with Gasteiger partial charge in [-0.2, -0.15) is 0 Å². The van der Waals surface area contributed by atoms with Gasteiger partial charge in [-0.1, -0.05) is 42.5 Å². The van der Waals surface area contributed by atoms with Gasteiger partial charge >= 0.3 is 0 Å². The molecule has 5 nitrogen and oxygen atoms in total. The molecule has 0 amide bonds. The molecule has 0 bridgehead atoms. The molecule has 0 saturated carbocycles. The molecule has 2 aromatic rings. The van der Waals surface area contributed by atoms with Crippen molar-refractivity contribution in [3.8, 4) is 11.1 Å². The molecule has 0 aliphatic carbocycles. The Hall–Kier alpha value is -1.86. The summed E-state index contributed by atoms with van der Waals surface area (Å²) in [5.41, 5.74) is 2.47. The number of nitrogens with one attached hydrogen (secondary N) is 1. The lowest BCUT2D eigenvalue weighted by Gasteiger charge is -2.13. The Morgan fingerprint density at radius 1 is 0.913 bits per heavy atom. The summed E-state index contributed by atoms with van der Waals surface area (Å²) >= 11 is 0. The van der Waals surface area contributed by atoms with E-state index in [0.717, 1.165) is 11.1 Å². The molecule has 1 atom stereocenters. The Morgan fingerprint density at radius 3 is 2.09 bits per heavy atom. The SMILES string of the molecule is O=S1(=O)CCC(S(=O)(=O)Nc2ccc(-c3ccccc3)cc2)C1. The molecular weight excluding hydrogens is 334 g/mol. The van der Waals surface area contributed by atoms with E-state index >= 15 is 0 Å². The van der Waals surface area contributed by atoms with Gasteiger partial charge in [0, 0.05) is 5.69 Å². The normalized spacial score (nSPS) is 20.3. The summed E-state index contributed by atoms with van der Waals surface area (Å²) in [5.74, 6) is -0.365. The smallest absolute Gasteiger partial charge is 0.236 e. The second-order valence-electron chi connectivity index (χ2n) is 5.62. The van der Waals surface area contributed by atoms with E-state index in [4.69, 9.17) is 0 Å². The maximum Gasteiger partial charge on any atom is 0.236 e. The first-order valence-electron chi connectivity index (χ1n) is 7.23. The highest BCUT2D eigenvalue weighted by Crippen LogP contribution is 2.24. The van der Waals surface area contributed by atoms with Crippen molar-refractivity contribution in [1.29, 1.82) is 0 Å². The minimum absolute atomic E-state index is 0.0640. The summed E-state index contributed by atoms with van der Waals surface area (Å²) in [6.07, 6.45) is 0.153. The molecule has 0 radical (unpaired) electrons. The maximum absolute atomic E-state index is 12.3. The van der Waals surface area contributed by atoms with E-state index in [-0.39, 0.29) is 17.9 Å². The Bertz CT molecular complexity index is 889. The topological polar surface area (TPSA) is 80.3 Å². The number of sulfonamides is 1. The number of anilines is 1. The van der Waals surface area contributed by atoms with E-state index in [0.29, 0.717) is 5.69 Å². The van der Waals surface area contributed by atoms with Gasteiger partial charge in [0.2, 0.25) is 10.0 Å². The fourth-order valence-corrected chi connectivity index (χ4v) is 6.71. The molecule has 1 saturated heterocycles. The highest BCUT2D eigenvalue weighted by molar-refractivity contribution is 7.97. The van der Waals surface area contributed by atoms with Gasteiger partial charge in [-0.3, -0.25) is 4.72 Å². The van der Waals surface area contributed by atoms with Crippen LogP contribution in [0.4, 0.5) is 5.69 Å². The summed E-state index contributed by atoms with van der Waals surface area (Å²) in [5, 5.41) is -0.874. The molecule has 1 aliphatic rings. The Morgan fingerprint density at radius 2 is 1.52 bits per heavy atom. The van der Waals surface area contributed by atoms with Crippen LogP contribution >= 0.6 is 0 Å². The fourth-order valence-electron chi connectivity index (χ4n) is 2.61. The van der Waals surface area contributed by atoms with Crippen LogP contribution in [0.2, 0.25) is 0 Å². The largest absolute Gasteiger partial charge is 0.283 e. The van der Waals surface area contributed by atoms with Crippen molar-refractivity contribution in [3.05, 3.63) is 54.6 Å². The molecule has 1 N–H and O–H groups in total. The van der Waals surface area contributed by atoms with Crippen LogP contribution in [0.15, 0.2) is 54.6 Å². The molecule has 0 aromatic heterocycles. The standard InChI is InChI=1S/C16H17NO4S2/c18-22(19)11-10-16(12-22)23(20,21)17-15-8-6-14(7-9-15)13-4-2-1-3-5-13/h1-9,16-17H,10-12H2. The van der Waals surface area contributed by atoms with Crippen molar-refractivity contribution in [1.82, 2.24) is 0 Å². The van der Waals surface area contributed by atoms with Crippen molar-refractivity contribution < 1.29 is 16.8 Å². The predicted molar refractivity (Wildman–Crippen MR) is 91.5 cm³/mol. The molecule has 7 heteroatoms. The van der Waals surface area contributed by atoms with Crippen LogP contribution in [-0.2, 0) is 19.9 Å². The van der Waals surface area contributed by atoms with Gasteiger partial charge in [-0.05, 0) is 29.7 Å². The summed E-state index contributed by atoms with van der Waals surface area (Å²) in [6, 6.07) is 16.8. The van der Waals surface area contributed by atoms with Crippen molar-refractivity contribution in [2.24, 2.45) is 0 Å². The van der Waals surface area contributed by atoms with Crippen molar-refractivity contribution in [2.75, 3.05) is 16.2 Å². The van der Waals surface area contributed by atoms with Crippen LogP contribution in [-0.4, -0.2) is 33.6 Å². The third-order valence-electron chi connectivity index (χ3n) is 3.88. The molecule has 23 heavy (non-hydrogen) atoms. The number of hydrogen-bond acceptors (Lipinski definition) is 4. The highest BCUT2D eigenvalue weighted by atomic mass is 32.2. The van der Waals surface area contributed by atoms with Gasteiger partial charge in [0.25, 0.3) is 0 Å². The number of rotatable bonds is 4. The monoisotopic (exact) mass is 351 g/mol. The molecule has 2 aromatic carbocycles. The third kappa shape index (κ3) is 3.73. The van der Waals surface area contributed by atoms with Gasteiger partial charge in [0.1, 0.15) is 0 Å². The van der Waals surface area contributed by atoms with Crippen LogP contribution < -0.4 is 4.72 Å². The second-order valence-corrected chi connectivity index (χ2v) is 9.81. The first-order chi connectivity index (χ1) is 10.9. The molecule has 0 spiro atoms. The summed E-state index contributed by atoms with van der Waals surface area (Å²) in [4.78, 5) is 0. The number of hydrogen-bond donors (Lipinski definition) is 1. The highest BCUT2D eigenvalue weighted by Gasteiger charge is 2.37. The zero-order valence-corrected chi connectivity index (χ0v) is 14.0. The molecule has 1 unspecified atom stereocenters. The molecular formula is C16H17NO4S2. The summed E-state index contributed by atoms with van der Waals surface area (Å²) in [6.45, 7) is 0. The summed E-state index contributed by atoms with van der Waals surface area (Å²) in [7, 11) is -6.92. The molecule has 1 aliphatic heterocycles. The lowest BCUT2D eigenvalue weighted by molar-refractivity contribution is 0.587. The third-order valence-corrected chi connectivity index (χ3v) is 7.66. The van der Waals surface area contributed by atoms with Crippen LogP contribution in [0.5, 0.6) is 0 Å². The average Bonchev–Trinajstić information content (AvgIpc) is 2.90. The van der Waals surface area contributed by atoms with Crippen molar-refractivity contribution in [2.45, 2.75) is 11.7 Å².